The zero-order valence-corrected chi connectivity index (χ0v) is 11.0. The first-order valence-electron chi connectivity index (χ1n) is 6.10. The van der Waals surface area contributed by atoms with Crippen LogP contribution in [0, 0.1) is 0 Å². The molecule has 0 aliphatic rings. The topological polar surface area (TPSA) is 52.0 Å². The molecule has 3 nitrogen and oxygen atoms in total. The lowest BCUT2D eigenvalue weighted by Gasteiger charge is -1.99. The number of fused-ring (bicyclic) bond motifs is 1. The Labute approximate surface area is 116 Å². The van der Waals surface area contributed by atoms with Crippen LogP contribution in [0.3, 0.4) is 0 Å². The molecular weight excluding hydrogens is 260 g/mol. The molecule has 0 spiro atoms. The van der Waals surface area contributed by atoms with E-state index in [1.807, 2.05) is 30.3 Å². The maximum Gasteiger partial charge on any atom is 0.195 e. The van der Waals surface area contributed by atoms with Crippen molar-refractivity contribution >= 4 is 28.4 Å². The molecule has 2 aromatic carbocycles. The van der Waals surface area contributed by atoms with Gasteiger partial charge in [0, 0.05) is 23.2 Å². The molecule has 0 saturated carbocycles. The van der Waals surface area contributed by atoms with Gasteiger partial charge in [-0.3, -0.25) is 0 Å². The van der Waals surface area contributed by atoms with Gasteiger partial charge in [-0.25, -0.2) is 4.98 Å². The van der Waals surface area contributed by atoms with E-state index in [2.05, 4.69) is 11.1 Å². The van der Waals surface area contributed by atoms with E-state index in [4.69, 9.17) is 21.8 Å². The molecule has 0 bridgehead atoms. The molecule has 1 heterocycles. The Kier molecular flexibility index (Phi) is 3.13. The summed E-state index contributed by atoms with van der Waals surface area (Å²) in [6, 6.07) is 13.3. The van der Waals surface area contributed by atoms with Crippen molar-refractivity contribution in [2.24, 2.45) is 0 Å². The quantitative estimate of drug-likeness (QED) is 0.737. The minimum absolute atomic E-state index is 0.658. The summed E-state index contributed by atoms with van der Waals surface area (Å²) in [7, 11) is 0. The van der Waals surface area contributed by atoms with Gasteiger partial charge in [0.1, 0.15) is 5.52 Å². The Balaban J connectivity index is 1.78. The van der Waals surface area contributed by atoms with Gasteiger partial charge in [-0.1, -0.05) is 23.7 Å². The van der Waals surface area contributed by atoms with Gasteiger partial charge in [0.05, 0.1) is 0 Å². The Morgan fingerprint density at radius 2 is 2.00 bits per heavy atom. The molecule has 0 unspecified atom stereocenters. The lowest BCUT2D eigenvalue weighted by atomic mass is 10.1. The van der Waals surface area contributed by atoms with Crippen molar-refractivity contribution in [2.75, 3.05) is 5.73 Å². The van der Waals surface area contributed by atoms with Crippen molar-refractivity contribution in [3.05, 3.63) is 58.9 Å². The van der Waals surface area contributed by atoms with Crippen LogP contribution in [0.5, 0.6) is 0 Å². The second-order valence-electron chi connectivity index (χ2n) is 4.46. The number of nitrogens with zero attached hydrogens (tertiary/aromatic N) is 1. The average molecular weight is 273 g/mol. The van der Waals surface area contributed by atoms with Crippen molar-refractivity contribution in [2.45, 2.75) is 12.8 Å². The van der Waals surface area contributed by atoms with Gasteiger partial charge in [0.25, 0.3) is 0 Å². The molecule has 4 heteroatoms. The number of aryl methyl sites for hydroxylation is 2. The van der Waals surface area contributed by atoms with E-state index in [-0.39, 0.29) is 0 Å². The number of rotatable bonds is 3. The highest BCUT2D eigenvalue weighted by Crippen LogP contribution is 2.21. The van der Waals surface area contributed by atoms with Gasteiger partial charge >= 0.3 is 0 Å². The number of oxazole rings is 1. The van der Waals surface area contributed by atoms with E-state index in [9.17, 15) is 0 Å². The van der Waals surface area contributed by atoms with E-state index in [1.165, 1.54) is 5.56 Å². The zero-order valence-electron chi connectivity index (χ0n) is 10.3. The van der Waals surface area contributed by atoms with Crippen LogP contribution in [0.1, 0.15) is 11.5 Å². The number of halogens is 1. The summed E-state index contributed by atoms with van der Waals surface area (Å²) in [6.07, 6.45) is 1.60. The standard InChI is InChI=1S/C15H13ClN2O/c16-11-5-6-13-14(9-11)19-15(18-13)7-4-10-2-1-3-12(17)8-10/h1-3,5-6,8-9H,4,7,17H2. The summed E-state index contributed by atoms with van der Waals surface area (Å²) < 4.78 is 5.67. The fraction of sp³-hybridized carbons (Fsp3) is 0.133. The first-order chi connectivity index (χ1) is 9.20. The molecule has 0 aliphatic carbocycles. The number of nitrogen functional groups attached to an aromatic ring is 1. The molecule has 96 valence electrons. The molecule has 1 aromatic heterocycles. The van der Waals surface area contributed by atoms with Crippen molar-refractivity contribution < 1.29 is 4.42 Å². The molecule has 19 heavy (non-hydrogen) atoms. The Morgan fingerprint density at radius 1 is 1.11 bits per heavy atom. The lowest BCUT2D eigenvalue weighted by Crippen LogP contribution is -1.93. The number of benzene rings is 2. The van der Waals surface area contributed by atoms with Gasteiger partial charge in [-0.2, -0.15) is 0 Å². The minimum Gasteiger partial charge on any atom is -0.441 e. The number of hydrogen-bond acceptors (Lipinski definition) is 3. The highest BCUT2D eigenvalue weighted by molar-refractivity contribution is 6.31. The fourth-order valence-electron chi connectivity index (χ4n) is 2.05. The molecule has 0 amide bonds. The largest absolute Gasteiger partial charge is 0.441 e. The SMILES string of the molecule is Nc1cccc(CCc2nc3ccc(Cl)cc3o2)c1. The third kappa shape index (κ3) is 2.71. The normalized spacial score (nSPS) is 11.0. The van der Waals surface area contributed by atoms with Crippen LogP contribution in [0.25, 0.3) is 11.1 Å². The summed E-state index contributed by atoms with van der Waals surface area (Å²) in [4.78, 5) is 4.43. The van der Waals surface area contributed by atoms with Crippen molar-refractivity contribution in [3.8, 4) is 0 Å². The van der Waals surface area contributed by atoms with Crippen LogP contribution in [-0.4, -0.2) is 4.98 Å². The smallest absolute Gasteiger partial charge is 0.195 e. The van der Waals surface area contributed by atoms with Crippen molar-refractivity contribution in [1.82, 2.24) is 4.98 Å². The molecule has 3 rings (SSSR count). The van der Waals surface area contributed by atoms with Crippen LogP contribution in [-0.2, 0) is 12.8 Å². The Morgan fingerprint density at radius 3 is 2.84 bits per heavy atom. The fourth-order valence-corrected chi connectivity index (χ4v) is 2.22. The molecule has 2 N–H and O–H groups in total. The molecule has 3 aromatic rings. The molecular formula is C15H13ClN2O. The van der Waals surface area contributed by atoms with Gasteiger partial charge in [-0.05, 0) is 36.2 Å². The maximum absolute atomic E-state index is 5.92. The summed E-state index contributed by atoms with van der Waals surface area (Å²) in [5.41, 5.74) is 9.28. The zero-order chi connectivity index (χ0) is 13.2. The second kappa shape index (κ2) is 4.94. The number of aromatic nitrogens is 1. The van der Waals surface area contributed by atoms with E-state index in [0.29, 0.717) is 5.02 Å². The second-order valence-corrected chi connectivity index (χ2v) is 4.90. The predicted octanol–water partition coefficient (Wildman–Crippen LogP) is 3.85. The van der Waals surface area contributed by atoms with Crippen LogP contribution in [0.2, 0.25) is 5.02 Å². The number of nitrogens with two attached hydrogens (primary N) is 1. The lowest BCUT2D eigenvalue weighted by molar-refractivity contribution is 0.528. The van der Waals surface area contributed by atoms with Crippen molar-refractivity contribution in [1.29, 1.82) is 0 Å². The molecule has 0 fully saturated rings. The average Bonchev–Trinajstić information content (AvgIpc) is 2.78. The van der Waals surface area contributed by atoms with E-state index < -0.39 is 0 Å². The summed E-state index contributed by atoms with van der Waals surface area (Å²) >= 11 is 5.92. The predicted molar refractivity (Wildman–Crippen MR) is 77.3 cm³/mol. The third-order valence-electron chi connectivity index (χ3n) is 2.97. The van der Waals surface area contributed by atoms with Crippen LogP contribution < -0.4 is 5.73 Å². The van der Waals surface area contributed by atoms with E-state index in [0.717, 1.165) is 35.5 Å². The molecule has 0 aliphatic heterocycles. The Hall–Kier alpha value is -2.00. The summed E-state index contributed by atoms with van der Waals surface area (Å²) in [5.74, 6) is 0.722. The Bertz CT molecular complexity index is 721. The summed E-state index contributed by atoms with van der Waals surface area (Å²) in [5, 5.41) is 0.658. The third-order valence-corrected chi connectivity index (χ3v) is 3.21. The van der Waals surface area contributed by atoms with Crippen LogP contribution >= 0.6 is 11.6 Å². The van der Waals surface area contributed by atoms with Crippen molar-refractivity contribution in [3.63, 3.8) is 0 Å². The highest BCUT2D eigenvalue weighted by Gasteiger charge is 2.06. The molecule has 0 saturated heterocycles. The first-order valence-corrected chi connectivity index (χ1v) is 6.48. The first kappa shape index (κ1) is 12.1. The van der Waals surface area contributed by atoms with E-state index in [1.54, 1.807) is 6.07 Å². The monoisotopic (exact) mass is 272 g/mol. The number of anilines is 1. The van der Waals surface area contributed by atoms with Crippen LogP contribution in [0.15, 0.2) is 46.9 Å². The maximum atomic E-state index is 5.92. The van der Waals surface area contributed by atoms with Gasteiger partial charge < -0.3 is 10.2 Å². The number of hydrogen-bond donors (Lipinski definition) is 1. The van der Waals surface area contributed by atoms with Crippen LogP contribution in [0.4, 0.5) is 5.69 Å². The van der Waals surface area contributed by atoms with Gasteiger partial charge in [-0.15, -0.1) is 0 Å². The van der Waals surface area contributed by atoms with E-state index >= 15 is 0 Å². The minimum atomic E-state index is 0.658. The molecule has 0 radical (unpaired) electrons. The van der Waals surface area contributed by atoms with Gasteiger partial charge in [0.2, 0.25) is 0 Å². The highest BCUT2D eigenvalue weighted by atomic mass is 35.5. The van der Waals surface area contributed by atoms with Gasteiger partial charge in [0.15, 0.2) is 11.5 Å². The molecule has 0 atom stereocenters. The summed E-state index contributed by atoms with van der Waals surface area (Å²) in [6.45, 7) is 0.